The Labute approximate surface area is 474 Å². The molecular formula is C66H107O11P. The number of ether oxygens (including phenoxy) is 3. The first kappa shape index (κ1) is 73.6. The van der Waals surface area contributed by atoms with Gasteiger partial charge < -0.3 is 24.2 Å². The van der Waals surface area contributed by atoms with Gasteiger partial charge in [-0.05, 0) is 122 Å². The summed E-state index contributed by atoms with van der Waals surface area (Å²) in [5.74, 6) is -1.60. The largest absolute Gasteiger partial charge is 0.472 e. The average molecular weight is 1110 g/mol. The monoisotopic (exact) mass is 1110 g/mol. The number of phosphoric ester groups is 1. The van der Waals surface area contributed by atoms with Gasteiger partial charge >= 0.3 is 25.7 Å². The van der Waals surface area contributed by atoms with Gasteiger partial charge in [0, 0.05) is 19.3 Å². The SMILES string of the molecule is CC/C=C\C/C=C\C/C=C\C/C=C\CCCCCCCCC(=O)OC(COC(=O)CC/C=C\C/C=C\C/C=C\C/C=C\CC)COP(=O)(O)OCC(CO)OC(=O)CCCCCCCC/C=C\C/C=C\C/C=C\CCCCC. The van der Waals surface area contributed by atoms with Gasteiger partial charge in [0.25, 0.3) is 0 Å². The first-order valence-corrected chi connectivity index (χ1v) is 31.6. The van der Waals surface area contributed by atoms with Gasteiger partial charge in [0.2, 0.25) is 0 Å². The minimum absolute atomic E-state index is 0.0941. The molecule has 0 bridgehead atoms. The van der Waals surface area contributed by atoms with Crippen LogP contribution in [-0.4, -0.2) is 66.5 Å². The number of hydrogen-bond acceptors (Lipinski definition) is 10. The van der Waals surface area contributed by atoms with Gasteiger partial charge in [0.1, 0.15) is 12.7 Å². The van der Waals surface area contributed by atoms with Crippen molar-refractivity contribution in [2.75, 3.05) is 26.4 Å². The van der Waals surface area contributed by atoms with Crippen LogP contribution in [0.3, 0.4) is 0 Å². The van der Waals surface area contributed by atoms with E-state index in [-0.39, 0.29) is 25.9 Å². The zero-order valence-corrected chi connectivity index (χ0v) is 49.7. The number of allylic oxidation sites excluding steroid dienone is 22. The molecule has 3 unspecified atom stereocenters. The van der Waals surface area contributed by atoms with Crippen LogP contribution in [0.1, 0.15) is 226 Å². The highest BCUT2D eigenvalue weighted by Crippen LogP contribution is 2.43. The summed E-state index contributed by atoms with van der Waals surface area (Å²) in [4.78, 5) is 48.6. The third-order valence-corrected chi connectivity index (χ3v) is 13.0. The Balaban J connectivity index is 4.79. The van der Waals surface area contributed by atoms with Gasteiger partial charge in [-0.15, -0.1) is 0 Å². The minimum atomic E-state index is -4.78. The molecule has 0 amide bonds. The van der Waals surface area contributed by atoms with E-state index < -0.39 is 57.8 Å². The van der Waals surface area contributed by atoms with Crippen LogP contribution in [0.5, 0.6) is 0 Å². The molecule has 0 aliphatic rings. The molecule has 0 fully saturated rings. The summed E-state index contributed by atoms with van der Waals surface area (Å²) in [5, 5.41) is 9.84. The highest BCUT2D eigenvalue weighted by atomic mass is 31.2. The summed E-state index contributed by atoms with van der Waals surface area (Å²) in [6.07, 6.45) is 74.2. The molecule has 0 spiro atoms. The molecule has 0 saturated carbocycles. The quantitative estimate of drug-likeness (QED) is 0.0197. The first-order chi connectivity index (χ1) is 38.2. The summed E-state index contributed by atoms with van der Waals surface area (Å²) < 4.78 is 39.5. The number of hydrogen-bond donors (Lipinski definition) is 2. The summed E-state index contributed by atoms with van der Waals surface area (Å²) in [5.41, 5.74) is 0. The number of carbonyl (C=O) groups excluding carboxylic acids is 3. The van der Waals surface area contributed by atoms with E-state index in [1.54, 1.807) is 0 Å². The second kappa shape index (κ2) is 58.8. The fourth-order valence-corrected chi connectivity index (χ4v) is 8.33. The fourth-order valence-electron chi connectivity index (χ4n) is 7.54. The molecule has 0 aromatic rings. The molecule has 11 nitrogen and oxygen atoms in total. The van der Waals surface area contributed by atoms with Crippen LogP contribution in [0.2, 0.25) is 0 Å². The number of rotatable bonds is 54. The molecule has 0 aliphatic carbocycles. The Morgan fingerprint density at radius 2 is 0.692 bits per heavy atom. The van der Waals surface area contributed by atoms with Gasteiger partial charge in [-0.1, -0.05) is 219 Å². The molecule has 12 heteroatoms. The molecule has 442 valence electrons. The molecule has 0 saturated heterocycles. The van der Waals surface area contributed by atoms with Crippen molar-refractivity contribution in [3.63, 3.8) is 0 Å². The van der Waals surface area contributed by atoms with E-state index in [2.05, 4.69) is 142 Å². The van der Waals surface area contributed by atoms with Crippen molar-refractivity contribution >= 4 is 25.7 Å². The second-order valence-corrected chi connectivity index (χ2v) is 20.8. The normalized spacial score (nSPS) is 14.3. The van der Waals surface area contributed by atoms with E-state index in [0.717, 1.165) is 141 Å². The van der Waals surface area contributed by atoms with Crippen molar-refractivity contribution in [3.8, 4) is 0 Å². The Hall–Kier alpha value is -4.38. The van der Waals surface area contributed by atoms with Crippen molar-refractivity contribution in [1.82, 2.24) is 0 Å². The summed E-state index contributed by atoms with van der Waals surface area (Å²) >= 11 is 0. The van der Waals surface area contributed by atoms with Crippen LogP contribution in [0.4, 0.5) is 0 Å². The lowest BCUT2D eigenvalue weighted by Crippen LogP contribution is -2.30. The molecule has 0 aromatic heterocycles. The highest BCUT2D eigenvalue weighted by molar-refractivity contribution is 7.47. The van der Waals surface area contributed by atoms with Gasteiger partial charge in [-0.2, -0.15) is 0 Å². The third kappa shape index (κ3) is 56.3. The smallest absolute Gasteiger partial charge is 0.462 e. The van der Waals surface area contributed by atoms with E-state index in [4.69, 9.17) is 23.3 Å². The molecule has 0 aromatic carbocycles. The molecule has 0 aliphatic heterocycles. The summed E-state index contributed by atoms with van der Waals surface area (Å²) in [7, 11) is -4.78. The van der Waals surface area contributed by atoms with Crippen LogP contribution < -0.4 is 0 Å². The molecule has 0 rings (SSSR count). The third-order valence-electron chi connectivity index (χ3n) is 12.1. The van der Waals surface area contributed by atoms with Crippen molar-refractivity contribution in [1.29, 1.82) is 0 Å². The molecule has 78 heavy (non-hydrogen) atoms. The number of phosphoric acid groups is 1. The van der Waals surface area contributed by atoms with Crippen LogP contribution >= 0.6 is 7.82 Å². The van der Waals surface area contributed by atoms with Crippen LogP contribution in [-0.2, 0) is 42.2 Å². The lowest BCUT2D eigenvalue weighted by Gasteiger charge is -2.21. The number of carbonyl (C=O) groups is 3. The number of aliphatic hydroxyl groups excluding tert-OH is 1. The Morgan fingerprint density at radius 1 is 0.372 bits per heavy atom. The predicted molar refractivity (Wildman–Crippen MR) is 325 cm³/mol. The minimum Gasteiger partial charge on any atom is -0.462 e. The lowest BCUT2D eigenvalue weighted by atomic mass is 10.1. The van der Waals surface area contributed by atoms with E-state index >= 15 is 0 Å². The fraction of sp³-hybridized carbons (Fsp3) is 0.621. The van der Waals surface area contributed by atoms with Crippen LogP contribution in [0.15, 0.2) is 134 Å². The van der Waals surface area contributed by atoms with Gasteiger partial charge in [0.05, 0.1) is 19.8 Å². The van der Waals surface area contributed by atoms with Gasteiger partial charge in [0.15, 0.2) is 6.10 Å². The average Bonchev–Trinajstić information content (AvgIpc) is 3.43. The standard InChI is InChI=1S/C66H107O11P/c1-4-7-10-13-16-19-22-25-27-29-31-33-35-38-41-44-47-50-53-56-65(69)76-62(58-67)60-74-78(71,72)75-61-63(59-73-64(68)55-52-49-46-43-40-37-24-21-18-15-12-9-6-3)77-66(70)57-54-51-48-45-42-39-36-34-32-30-28-26-23-20-17-14-11-8-5-2/h8-9,11-12,16-21,25-28,31-34,37,40,46,49,62-63,67H,4-7,10,13-15,22-24,29-30,35-36,38-39,41-45,47-48,50-61H2,1-3H3,(H,71,72)/b11-8-,12-9-,19-16-,20-17-,21-18-,27-25-,28-26-,33-31-,34-32-,40-37-,49-46-. The maximum Gasteiger partial charge on any atom is 0.472 e. The zero-order chi connectivity index (χ0) is 56.9. The Bertz CT molecular complexity index is 1820. The summed E-state index contributed by atoms with van der Waals surface area (Å²) in [6.45, 7) is 4.26. The van der Waals surface area contributed by atoms with Crippen LogP contribution in [0, 0.1) is 0 Å². The van der Waals surface area contributed by atoms with Crippen molar-refractivity contribution in [2.24, 2.45) is 0 Å². The lowest BCUT2D eigenvalue weighted by molar-refractivity contribution is -0.161. The number of unbranched alkanes of at least 4 members (excludes halogenated alkanes) is 15. The van der Waals surface area contributed by atoms with Gasteiger partial charge in [-0.25, -0.2) is 4.57 Å². The maximum atomic E-state index is 12.9. The molecule has 3 atom stereocenters. The first-order valence-electron chi connectivity index (χ1n) is 30.1. The predicted octanol–water partition coefficient (Wildman–Crippen LogP) is 18.1. The maximum absolute atomic E-state index is 12.9. The Morgan fingerprint density at radius 3 is 1.08 bits per heavy atom. The van der Waals surface area contributed by atoms with E-state index in [9.17, 15) is 28.9 Å². The number of aliphatic hydroxyl groups is 1. The van der Waals surface area contributed by atoms with E-state index in [1.165, 1.54) is 25.7 Å². The zero-order valence-electron chi connectivity index (χ0n) is 48.8. The van der Waals surface area contributed by atoms with E-state index in [0.29, 0.717) is 19.3 Å². The molecule has 2 N–H and O–H groups in total. The van der Waals surface area contributed by atoms with Gasteiger partial charge in [-0.3, -0.25) is 23.4 Å². The topological polar surface area (TPSA) is 155 Å². The Kier molecular flexibility index (Phi) is 55.5. The van der Waals surface area contributed by atoms with Crippen molar-refractivity contribution in [2.45, 2.75) is 238 Å². The summed E-state index contributed by atoms with van der Waals surface area (Å²) in [6, 6.07) is 0. The van der Waals surface area contributed by atoms with Crippen molar-refractivity contribution < 1.29 is 52.2 Å². The number of esters is 3. The highest BCUT2D eigenvalue weighted by Gasteiger charge is 2.28. The van der Waals surface area contributed by atoms with E-state index in [1.807, 2.05) is 12.2 Å². The molecule has 0 radical (unpaired) electrons. The van der Waals surface area contributed by atoms with Crippen LogP contribution in [0.25, 0.3) is 0 Å². The molecule has 0 heterocycles. The molecular weight excluding hydrogens is 1000 g/mol. The van der Waals surface area contributed by atoms with Crippen molar-refractivity contribution in [3.05, 3.63) is 134 Å². The second-order valence-electron chi connectivity index (χ2n) is 19.4.